The Balaban J connectivity index is 2.21. The highest BCUT2D eigenvalue weighted by Crippen LogP contribution is 1.86. The topological polar surface area (TPSA) is 71.9 Å². The Labute approximate surface area is 102 Å². The number of carbonyl (C=O) groups is 2. The third-order valence-corrected chi connectivity index (χ3v) is 2.85. The van der Waals surface area contributed by atoms with Crippen molar-refractivity contribution in [3.8, 4) is 0 Å². The van der Waals surface area contributed by atoms with E-state index >= 15 is 0 Å². The molecule has 0 spiro atoms. The monoisotopic (exact) mass is 244 g/mol. The van der Waals surface area contributed by atoms with Gasteiger partial charge in [-0.2, -0.15) is 0 Å². The highest BCUT2D eigenvalue weighted by molar-refractivity contribution is 5.94. The number of quaternary nitrogens is 1. The quantitative estimate of drug-likeness (QED) is 0.565. The molecule has 1 saturated heterocycles. The van der Waals surface area contributed by atoms with Gasteiger partial charge in [0, 0.05) is 6.04 Å². The first-order valence-corrected chi connectivity index (χ1v) is 6.13. The fraction of sp³-hybridized carbons (Fsp3) is 0.818. The summed E-state index contributed by atoms with van der Waals surface area (Å²) in [5.74, 6) is -0.234. The van der Waals surface area contributed by atoms with Crippen molar-refractivity contribution in [2.45, 2.75) is 26.3 Å². The zero-order chi connectivity index (χ0) is 12.7. The summed E-state index contributed by atoms with van der Waals surface area (Å²) >= 11 is 0. The second-order valence-electron chi connectivity index (χ2n) is 4.37. The highest BCUT2D eigenvalue weighted by Gasteiger charge is 2.19. The summed E-state index contributed by atoms with van der Waals surface area (Å²) in [6, 6.07) is -0.324. The first-order valence-electron chi connectivity index (χ1n) is 6.13. The van der Waals surface area contributed by atoms with Crippen LogP contribution in [0.15, 0.2) is 0 Å². The molecule has 1 atom stereocenters. The van der Waals surface area contributed by atoms with Crippen LogP contribution in [0.2, 0.25) is 0 Å². The lowest BCUT2D eigenvalue weighted by Gasteiger charge is -2.23. The van der Waals surface area contributed by atoms with E-state index in [4.69, 9.17) is 4.74 Å². The van der Waals surface area contributed by atoms with Crippen LogP contribution >= 0.6 is 0 Å². The fourth-order valence-electron chi connectivity index (χ4n) is 1.60. The molecule has 1 aliphatic heterocycles. The molecule has 1 rings (SSSR count). The van der Waals surface area contributed by atoms with E-state index in [0.717, 1.165) is 24.4 Å². The van der Waals surface area contributed by atoms with Crippen LogP contribution in [0.4, 0.5) is 4.79 Å². The Hall–Kier alpha value is -1.14. The van der Waals surface area contributed by atoms with Gasteiger partial charge in [-0.15, -0.1) is 0 Å². The second kappa shape index (κ2) is 7.24. The molecule has 0 aromatic rings. The minimum absolute atomic E-state index is 0.0820. The van der Waals surface area contributed by atoms with Gasteiger partial charge in [-0.25, -0.2) is 4.79 Å². The molecule has 6 nitrogen and oxygen atoms in total. The molecular weight excluding hydrogens is 222 g/mol. The predicted molar refractivity (Wildman–Crippen MR) is 62.8 cm³/mol. The van der Waals surface area contributed by atoms with Crippen LogP contribution in [0.1, 0.15) is 20.3 Å². The molecule has 0 unspecified atom stereocenters. The van der Waals surface area contributed by atoms with E-state index in [1.807, 2.05) is 13.8 Å². The number of rotatable bonds is 4. The summed E-state index contributed by atoms with van der Waals surface area (Å²) in [6.07, 6.45) is 0.844. The second-order valence-corrected chi connectivity index (χ2v) is 4.37. The van der Waals surface area contributed by atoms with Gasteiger partial charge in [0.25, 0.3) is 5.91 Å². The third-order valence-electron chi connectivity index (χ3n) is 2.85. The van der Waals surface area contributed by atoms with Gasteiger partial charge < -0.3 is 15.0 Å². The lowest BCUT2D eigenvalue weighted by molar-refractivity contribution is -0.900. The highest BCUT2D eigenvalue weighted by atomic mass is 16.5. The normalized spacial score (nSPS) is 18.5. The van der Waals surface area contributed by atoms with Crippen LogP contribution in [-0.4, -0.2) is 50.8 Å². The van der Waals surface area contributed by atoms with Crippen LogP contribution in [-0.2, 0) is 9.53 Å². The van der Waals surface area contributed by atoms with Crippen molar-refractivity contribution in [3.05, 3.63) is 0 Å². The molecule has 0 saturated carbocycles. The first kappa shape index (κ1) is 13.9. The summed E-state index contributed by atoms with van der Waals surface area (Å²) in [7, 11) is 0. The molecule has 98 valence electrons. The molecule has 0 bridgehead atoms. The third kappa shape index (κ3) is 5.65. The van der Waals surface area contributed by atoms with Gasteiger partial charge in [-0.1, -0.05) is 6.92 Å². The standard InChI is InChI=1S/C11H21N3O3/c1-3-9(2)12-11(16)13-10(15)8-14-4-6-17-7-5-14/h9H,3-8H2,1-2H3,(H2,12,13,15,16)/p+1/t9-/m1/s1. The molecule has 0 aromatic carbocycles. The first-order chi connectivity index (χ1) is 8.11. The Kier molecular flexibility index (Phi) is 5.93. The molecule has 0 radical (unpaired) electrons. The molecule has 0 aliphatic carbocycles. The van der Waals surface area contributed by atoms with Gasteiger partial charge in [0.1, 0.15) is 13.1 Å². The summed E-state index contributed by atoms with van der Waals surface area (Å²) < 4.78 is 5.20. The average Bonchev–Trinajstić information content (AvgIpc) is 2.29. The zero-order valence-electron chi connectivity index (χ0n) is 10.5. The number of urea groups is 1. The van der Waals surface area contributed by atoms with Crippen molar-refractivity contribution in [2.24, 2.45) is 0 Å². The van der Waals surface area contributed by atoms with Crippen LogP contribution < -0.4 is 15.5 Å². The number of imide groups is 1. The maximum Gasteiger partial charge on any atom is 0.321 e. The van der Waals surface area contributed by atoms with E-state index in [1.54, 1.807) is 0 Å². The van der Waals surface area contributed by atoms with E-state index in [0.29, 0.717) is 19.8 Å². The Bertz CT molecular complexity index is 265. The van der Waals surface area contributed by atoms with E-state index < -0.39 is 6.03 Å². The minimum atomic E-state index is -0.406. The SMILES string of the molecule is CC[C@@H](C)NC(=O)NC(=O)C[NH+]1CCOCC1. The minimum Gasteiger partial charge on any atom is -0.370 e. The Morgan fingerprint density at radius 1 is 1.35 bits per heavy atom. The predicted octanol–water partition coefficient (Wildman–Crippen LogP) is -1.47. The number of hydrogen-bond donors (Lipinski definition) is 3. The van der Waals surface area contributed by atoms with Crippen molar-refractivity contribution in [3.63, 3.8) is 0 Å². The molecule has 3 N–H and O–H groups in total. The summed E-state index contributed by atoms with van der Waals surface area (Å²) in [6.45, 7) is 7.21. The van der Waals surface area contributed by atoms with Gasteiger partial charge in [-0.3, -0.25) is 10.1 Å². The van der Waals surface area contributed by atoms with Gasteiger partial charge in [-0.05, 0) is 13.3 Å². The van der Waals surface area contributed by atoms with Crippen LogP contribution in [0.25, 0.3) is 0 Å². The van der Waals surface area contributed by atoms with E-state index in [2.05, 4.69) is 10.6 Å². The van der Waals surface area contributed by atoms with Crippen molar-refractivity contribution in [1.82, 2.24) is 10.6 Å². The molecule has 0 aromatic heterocycles. The maximum absolute atomic E-state index is 11.6. The van der Waals surface area contributed by atoms with Gasteiger partial charge in [0.2, 0.25) is 0 Å². The van der Waals surface area contributed by atoms with E-state index in [-0.39, 0.29) is 11.9 Å². The number of hydrogen-bond acceptors (Lipinski definition) is 3. The molecule has 3 amide bonds. The molecular formula is C11H22N3O3+. The molecule has 1 aliphatic rings. The lowest BCUT2D eigenvalue weighted by atomic mass is 10.3. The van der Waals surface area contributed by atoms with Crippen LogP contribution in [0.3, 0.4) is 0 Å². The summed E-state index contributed by atoms with van der Waals surface area (Å²) in [4.78, 5) is 24.1. The summed E-state index contributed by atoms with van der Waals surface area (Å²) in [5, 5.41) is 5.03. The number of morpholine rings is 1. The van der Waals surface area contributed by atoms with Crippen molar-refractivity contribution >= 4 is 11.9 Å². The van der Waals surface area contributed by atoms with E-state index in [1.165, 1.54) is 0 Å². The van der Waals surface area contributed by atoms with Gasteiger partial charge in [0.05, 0.1) is 13.2 Å². The van der Waals surface area contributed by atoms with Gasteiger partial charge >= 0.3 is 6.03 Å². The zero-order valence-corrected chi connectivity index (χ0v) is 10.5. The van der Waals surface area contributed by atoms with Crippen molar-refractivity contribution < 1.29 is 19.2 Å². The summed E-state index contributed by atoms with van der Waals surface area (Å²) in [5.41, 5.74) is 0. The Morgan fingerprint density at radius 2 is 2.00 bits per heavy atom. The largest absolute Gasteiger partial charge is 0.370 e. The molecule has 6 heteroatoms. The van der Waals surface area contributed by atoms with Crippen LogP contribution in [0, 0.1) is 0 Å². The van der Waals surface area contributed by atoms with Crippen molar-refractivity contribution in [1.29, 1.82) is 0 Å². The van der Waals surface area contributed by atoms with E-state index in [9.17, 15) is 9.59 Å². The van der Waals surface area contributed by atoms with Crippen molar-refractivity contribution in [2.75, 3.05) is 32.8 Å². The number of carbonyl (C=O) groups excluding carboxylic acids is 2. The number of ether oxygens (including phenoxy) is 1. The number of nitrogens with one attached hydrogen (secondary N) is 3. The average molecular weight is 244 g/mol. The van der Waals surface area contributed by atoms with Crippen LogP contribution in [0.5, 0.6) is 0 Å². The number of amides is 3. The fourth-order valence-corrected chi connectivity index (χ4v) is 1.60. The van der Waals surface area contributed by atoms with Gasteiger partial charge in [0.15, 0.2) is 6.54 Å². The smallest absolute Gasteiger partial charge is 0.321 e. The molecule has 17 heavy (non-hydrogen) atoms. The maximum atomic E-state index is 11.6. The molecule has 1 fully saturated rings. The molecule has 1 heterocycles. The Morgan fingerprint density at radius 3 is 2.59 bits per heavy atom. The lowest BCUT2D eigenvalue weighted by Crippen LogP contribution is -3.15.